The number of aromatic amines is 2. The van der Waals surface area contributed by atoms with Crippen LogP contribution in [-0.4, -0.2) is 70.7 Å². The first-order valence-electron chi connectivity index (χ1n) is 18.2. The van der Waals surface area contributed by atoms with Crippen molar-refractivity contribution in [3.63, 3.8) is 0 Å². The topological polar surface area (TPSA) is 149 Å². The number of carbonyl (C=O) groups is 2. The standard InChI is InChI=1S/C41H50N4O7/c1-23-18-27-19-31-26(4)41(37(46)10-9-17-52-40-11-7-8-16-51-40)36(45-31)21-33-25(3)29(13-15-39(48)50-6)35(44-33)22-34-28(12-14-38(47)49-5)24(2)32(43-34)20-30(23)42-27/h18-22,37,40,42,45-46H,7-17H2,1-6H3. The van der Waals surface area contributed by atoms with Crippen LogP contribution in [0.5, 0.6) is 0 Å². The summed E-state index contributed by atoms with van der Waals surface area (Å²) >= 11 is 0. The Hall–Kier alpha value is -4.58. The Morgan fingerprint density at radius 3 is 2.06 bits per heavy atom. The van der Waals surface area contributed by atoms with E-state index in [4.69, 9.17) is 28.9 Å². The Balaban J connectivity index is 1.51. The van der Waals surface area contributed by atoms with Gasteiger partial charge in [0.15, 0.2) is 6.29 Å². The summed E-state index contributed by atoms with van der Waals surface area (Å²) in [7, 11) is 2.78. The van der Waals surface area contributed by atoms with E-state index in [1.807, 2.05) is 39.0 Å². The van der Waals surface area contributed by atoms with Crippen molar-refractivity contribution in [2.45, 2.75) is 97.9 Å². The second-order valence-corrected chi connectivity index (χ2v) is 13.8. The zero-order chi connectivity index (χ0) is 36.9. The molecule has 52 heavy (non-hydrogen) atoms. The molecular formula is C41H50N4O7. The van der Waals surface area contributed by atoms with E-state index in [1.54, 1.807) is 0 Å². The van der Waals surface area contributed by atoms with Gasteiger partial charge in [-0.05, 0) is 136 Å². The summed E-state index contributed by atoms with van der Waals surface area (Å²) < 4.78 is 21.6. The molecule has 1 saturated heterocycles. The number of aliphatic hydroxyl groups is 1. The van der Waals surface area contributed by atoms with Crippen LogP contribution in [0.4, 0.5) is 0 Å². The summed E-state index contributed by atoms with van der Waals surface area (Å²) in [6, 6.07) is 10.1. The summed E-state index contributed by atoms with van der Waals surface area (Å²) in [5, 5.41) is 11.7. The number of esters is 2. The molecule has 0 aliphatic carbocycles. The minimum absolute atomic E-state index is 0.166. The maximum absolute atomic E-state index is 12.3. The van der Waals surface area contributed by atoms with Gasteiger partial charge < -0.3 is 34.0 Å². The lowest BCUT2D eigenvalue weighted by Crippen LogP contribution is -2.22. The number of nitrogens with one attached hydrogen (secondary N) is 2. The number of rotatable bonds is 12. The zero-order valence-corrected chi connectivity index (χ0v) is 31.1. The lowest BCUT2D eigenvalue weighted by atomic mass is 9.98. The number of aromatic nitrogens is 4. The lowest BCUT2D eigenvalue weighted by Gasteiger charge is -2.22. The molecule has 0 aromatic carbocycles. The molecule has 11 heteroatoms. The Labute approximate surface area is 304 Å². The predicted molar refractivity (Wildman–Crippen MR) is 202 cm³/mol. The van der Waals surface area contributed by atoms with E-state index in [0.29, 0.717) is 43.7 Å². The number of aryl methyl sites for hydroxylation is 2. The monoisotopic (exact) mass is 710 g/mol. The quantitative estimate of drug-likeness (QED) is 0.125. The highest BCUT2D eigenvalue weighted by molar-refractivity contribution is 5.96. The van der Waals surface area contributed by atoms with Gasteiger partial charge >= 0.3 is 11.9 Å². The van der Waals surface area contributed by atoms with Gasteiger partial charge in [-0.25, -0.2) is 9.97 Å². The van der Waals surface area contributed by atoms with E-state index in [2.05, 4.69) is 29.0 Å². The Morgan fingerprint density at radius 1 is 0.827 bits per heavy atom. The van der Waals surface area contributed by atoms with Crippen LogP contribution in [0, 0.1) is 13.8 Å². The molecule has 6 rings (SSSR count). The number of fused-ring (bicyclic) bond motifs is 8. The normalized spacial score (nSPS) is 16.7. The fourth-order valence-electron chi connectivity index (χ4n) is 7.27. The van der Waals surface area contributed by atoms with Gasteiger partial charge in [0.2, 0.25) is 0 Å². The van der Waals surface area contributed by atoms with Gasteiger partial charge in [0.25, 0.3) is 0 Å². The van der Waals surface area contributed by atoms with Crippen molar-refractivity contribution in [3.05, 3.63) is 69.8 Å². The molecule has 0 spiro atoms. The number of carbonyl (C=O) groups excluding carboxylic acids is 2. The molecule has 3 aliphatic rings. The van der Waals surface area contributed by atoms with Gasteiger partial charge in [0, 0.05) is 53.7 Å². The number of methoxy groups -OCH3 is 2. The molecule has 0 amide bonds. The van der Waals surface area contributed by atoms with E-state index in [0.717, 1.165) is 98.3 Å². The highest BCUT2D eigenvalue weighted by Gasteiger charge is 2.24. The zero-order valence-electron chi connectivity index (χ0n) is 31.1. The SMILES string of the molecule is COC(=O)CCC1=C(C)c2cc3[nH]c(cc3C)cc3[nH]c(cc4nc(cc1n2)C(CCC(=O)OC)=C4C)c(C(O)CCCOC1CCCCO1)c3C. The molecule has 0 saturated carbocycles. The van der Waals surface area contributed by atoms with Crippen molar-refractivity contribution in [2.75, 3.05) is 27.4 Å². The Bertz CT molecular complexity index is 2070. The average Bonchev–Trinajstić information content (AvgIpc) is 3.82. The maximum atomic E-state index is 12.3. The number of allylic oxidation sites excluding steroid dienone is 4. The van der Waals surface area contributed by atoms with E-state index < -0.39 is 6.10 Å². The minimum Gasteiger partial charge on any atom is -0.469 e. The largest absolute Gasteiger partial charge is 0.469 e. The van der Waals surface area contributed by atoms with Gasteiger partial charge in [0.1, 0.15) is 0 Å². The molecule has 2 atom stereocenters. The van der Waals surface area contributed by atoms with Crippen LogP contribution in [0.15, 0.2) is 30.3 Å². The first-order valence-corrected chi connectivity index (χ1v) is 18.2. The van der Waals surface area contributed by atoms with Crippen LogP contribution >= 0.6 is 0 Å². The van der Waals surface area contributed by atoms with Crippen LogP contribution in [0.3, 0.4) is 0 Å². The van der Waals surface area contributed by atoms with E-state index >= 15 is 0 Å². The van der Waals surface area contributed by atoms with Gasteiger partial charge in [-0.3, -0.25) is 9.59 Å². The predicted octanol–water partition coefficient (Wildman–Crippen LogP) is 8.06. The molecule has 3 aliphatic heterocycles. The molecular weight excluding hydrogens is 660 g/mol. The third-order valence-electron chi connectivity index (χ3n) is 10.4. The molecule has 276 valence electrons. The van der Waals surface area contributed by atoms with Crippen molar-refractivity contribution in [2.24, 2.45) is 0 Å². The molecule has 8 bridgehead atoms. The van der Waals surface area contributed by atoms with Crippen molar-refractivity contribution >= 4 is 56.3 Å². The molecule has 6 heterocycles. The lowest BCUT2D eigenvalue weighted by molar-refractivity contribution is -0.163. The highest BCUT2D eigenvalue weighted by atomic mass is 16.7. The smallest absolute Gasteiger partial charge is 0.305 e. The average molecular weight is 711 g/mol. The summed E-state index contributed by atoms with van der Waals surface area (Å²) in [6.45, 7) is 9.35. The van der Waals surface area contributed by atoms with Crippen molar-refractivity contribution < 1.29 is 33.6 Å². The number of hydrogen-bond acceptors (Lipinski definition) is 9. The second-order valence-electron chi connectivity index (χ2n) is 13.8. The number of ether oxygens (including phenoxy) is 4. The Morgan fingerprint density at radius 2 is 1.46 bits per heavy atom. The number of hydrogen-bond donors (Lipinski definition) is 3. The van der Waals surface area contributed by atoms with Crippen LogP contribution in [0.1, 0.15) is 117 Å². The van der Waals surface area contributed by atoms with Gasteiger partial charge in [-0.2, -0.15) is 0 Å². The molecule has 0 radical (unpaired) electrons. The van der Waals surface area contributed by atoms with Crippen LogP contribution in [0.25, 0.3) is 44.4 Å². The third kappa shape index (κ3) is 8.22. The highest BCUT2D eigenvalue weighted by Crippen LogP contribution is 2.38. The molecule has 3 aromatic heterocycles. The minimum atomic E-state index is -0.746. The summed E-state index contributed by atoms with van der Waals surface area (Å²) in [5.74, 6) is -0.600. The van der Waals surface area contributed by atoms with Crippen LogP contribution in [0.2, 0.25) is 0 Å². The summed E-state index contributed by atoms with van der Waals surface area (Å²) in [5.41, 5.74) is 13.0. The van der Waals surface area contributed by atoms with Crippen LogP contribution in [-0.2, 0) is 28.5 Å². The third-order valence-corrected chi connectivity index (χ3v) is 10.4. The van der Waals surface area contributed by atoms with E-state index in [-0.39, 0.29) is 31.1 Å². The van der Waals surface area contributed by atoms with Crippen LogP contribution < -0.4 is 0 Å². The van der Waals surface area contributed by atoms with Gasteiger partial charge in [0.05, 0.1) is 43.1 Å². The first-order chi connectivity index (χ1) is 25.1. The Kier molecular flexibility index (Phi) is 11.7. The molecule has 11 nitrogen and oxygen atoms in total. The summed E-state index contributed by atoms with van der Waals surface area (Å²) in [6.07, 6.45) is 4.64. The van der Waals surface area contributed by atoms with Crippen molar-refractivity contribution in [1.29, 1.82) is 0 Å². The summed E-state index contributed by atoms with van der Waals surface area (Å²) in [4.78, 5) is 41.9. The van der Waals surface area contributed by atoms with Gasteiger partial charge in [-0.1, -0.05) is 0 Å². The van der Waals surface area contributed by atoms with Crippen molar-refractivity contribution in [3.8, 4) is 0 Å². The van der Waals surface area contributed by atoms with E-state index in [1.165, 1.54) is 14.2 Å². The maximum Gasteiger partial charge on any atom is 0.305 e. The van der Waals surface area contributed by atoms with E-state index in [9.17, 15) is 14.7 Å². The molecule has 3 aromatic rings. The molecule has 2 unspecified atom stereocenters. The van der Waals surface area contributed by atoms with Crippen molar-refractivity contribution in [1.82, 2.24) is 19.9 Å². The molecule has 3 N–H and O–H groups in total. The fourth-order valence-corrected chi connectivity index (χ4v) is 7.27. The van der Waals surface area contributed by atoms with Gasteiger partial charge in [-0.15, -0.1) is 0 Å². The number of aliphatic hydroxyl groups excluding tert-OH is 1. The number of nitrogens with zero attached hydrogens (tertiary/aromatic N) is 2. The second kappa shape index (κ2) is 16.4. The number of H-pyrrole nitrogens is 2. The molecule has 1 fully saturated rings. The fraction of sp³-hybridized carbons (Fsp3) is 0.463. The first kappa shape index (κ1) is 37.2.